The predicted molar refractivity (Wildman–Crippen MR) is 105 cm³/mol. The molecular formula is C21H21N3O4. The topological polar surface area (TPSA) is 101 Å². The van der Waals surface area contributed by atoms with Crippen LogP contribution in [0.2, 0.25) is 0 Å². The summed E-state index contributed by atoms with van der Waals surface area (Å²) in [5.74, 6) is -0.945. The van der Waals surface area contributed by atoms with Crippen LogP contribution in [-0.2, 0) is 27.2 Å². The van der Waals surface area contributed by atoms with Crippen LogP contribution in [0.15, 0.2) is 59.4 Å². The third-order valence-corrected chi connectivity index (χ3v) is 4.32. The van der Waals surface area contributed by atoms with Crippen molar-refractivity contribution in [3.8, 4) is 0 Å². The number of aromatic nitrogens is 2. The highest BCUT2D eigenvalue weighted by atomic mass is 16.5. The van der Waals surface area contributed by atoms with E-state index in [0.29, 0.717) is 29.4 Å². The zero-order valence-electron chi connectivity index (χ0n) is 15.5. The SMILES string of the molecule is C[C@H](OC(=O)Cc1n[nH]c(=O)c2ccccc12)C(=O)NCCc1ccccc1. The van der Waals surface area contributed by atoms with E-state index in [1.54, 1.807) is 24.3 Å². The molecule has 0 aliphatic heterocycles. The minimum absolute atomic E-state index is 0.140. The molecule has 0 aliphatic rings. The van der Waals surface area contributed by atoms with Gasteiger partial charge in [0.2, 0.25) is 0 Å². The van der Waals surface area contributed by atoms with Gasteiger partial charge in [0.05, 0.1) is 17.5 Å². The summed E-state index contributed by atoms with van der Waals surface area (Å²) in [7, 11) is 0. The number of aromatic amines is 1. The first-order valence-corrected chi connectivity index (χ1v) is 9.02. The van der Waals surface area contributed by atoms with Gasteiger partial charge < -0.3 is 10.1 Å². The fraction of sp³-hybridized carbons (Fsp3) is 0.238. The molecule has 0 fully saturated rings. The molecular weight excluding hydrogens is 358 g/mol. The summed E-state index contributed by atoms with van der Waals surface area (Å²) in [5.41, 5.74) is 1.19. The summed E-state index contributed by atoms with van der Waals surface area (Å²) in [6.45, 7) is 1.98. The summed E-state index contributed by atoms with van der Waals surface area (Å²) in [4.78, 5) is 36.1. The Morgan fingerprint density at radius 3 is 2.50 bits per heavy atom. The summed E-state index contributed by atoms with van der Waals surface area (Å²) in [6, 6.07) is 16.7. The van der Waals surface area contributed by atoms with Gasteiger partial charge in [0.25, 0.3) is 11.5 Å². The fourth-order valence-corrected chi connectivity index (χ4v) is 2.85. The number of nitrogens with zero attached hydrogens (tertiary/aromatic N) is 1. The van der Waals surface area contributed by atoms with E-state index >= 15 is 0 Å². The standard InChI is InChI=1S/C21H21N3O4/c1-14(20(26)22-12-11-15-7-3-2-4-8-15)28-19(25)13-18-16-9-5-6-10-17(16)21(27)24-23-18/h2-10,14H,11-13H2,1H3,(H,22,26)(H,24,27)/t14-/m0/s1. The van der Waals surface area contributed by atoms with Gasteiger partial charge in [0, 0.05) is 11.9 Å². The Labute approximate surface area is 161 Å². The zero-order chi connectivity index (χ0) is 19.9. The third-order valence-electron chi connectivity index (χ3n) is 4.32. The minimum atomic E-state index is -0.919. The average Bonchev–Trinajstić information content (AvgIpc) is 2.71. The Kier molecular flexibility index (Phi) is 6.16. The first kappa shape index (κ1) is 19.3. The van der Waals surface area contributed by atoms with Crippen molar-refractivity contribution in [2.75, 3.05) is 6.54 Å². The Morgan fingerprint density at radius 2 is 1.75 bits per heavy atom. The predicted octanol–water partition coefficient (Wildman–Crippen LogP) is 1.76. The highest BCUT2D eigenvalue weighted by Crippen LogP contribution is 2.13. The molecule has 1 amide bonds. The number of amides is 1. The molecule has 2 aromatic carbocycles. The van der Waals surface area contributed by atoms with Crippen LogP contribution in [0.1, 0.15) is 18.2 Å². The lowest BCUT2D eigenvalue weighted by atomic mass is 10.1. The highest BCUT2D eigenvalue weighted by Gasteiger charge is 2.19. The Bertz CT molecular complexity index is 1030. The molecule has 0 spiro atoms. The van der Waals surface area contributed by atoms with E-state index in [1.807, 2.05) is 30.3 Å². The van der Waals surface area contributed by atoms with Crippen molar-refractivity contribution in [2.45, 2.75) is 25.9 Å². The largest absolute Gasteiger partial charge is 0.452 e. The second-order valence-electron chi connectivity index (χ2n) is 6.38. The van der Waals surface area contributed by atoms with Crippen molar-refractivity contribution >= 4 is 22.6 Å². The number of carbonyl (C=O) groups is 2. The van der Waals surface area contributed by atoms with Gasteiger partial charge in [-0.3, -0.25) is 14.4 Å². The molecule has 0 bridgehead atoms. The van der Waals surface area contributed by atoms with E-state index in [4.69, 9.17) is 4.74 Å². The molecule has 1 aromatic heterocycles. The Hall–Kier alpha value is -3.48. The maximum Gasteiger partial charge on any atom is 0.312 e. The average molecular weight is 379 g/mol. The van der Waals surface area contributed by atoms with Crippen LogP contribution in [-0.4, -0.2) is 34.7 Å². The van der Waals surface area contributed by atoms with Gasteiger partial charge >= 0.3 is 5.97 Å². The van der Waals surface area contributed by atoms with Crippen LogP contribution >= 0.6 is 0 Å². The van der Waals surface area contributed by atoms with Crippen LogP contribution in [0.25, 0.3) is 10.8 Å². The van der Waals surface area contributed by atoms with E-state index in [1.165, 1.54) is 6.92 Å². The number of H-pyrrole nitrogens is 1. The number of nitrogens with one attached hydrogen (secondary N) is 2. The number of fused-ring (bicyclic) bond motifs is 1. The van der Waals surface area contributed by atoms with Crippen molar-refractivity contribution in [3.63, 3.8) is 0 Å². The van der Waals surface area contributed by atoms with Gasteiger partial charge in [-0.15, -0.1) is 0 Å². The maximum absolute atomic E-state index is 12.2. The quantitative estimate of drug-likeness (QED) is 0.609. The first-order valence-electron chi connectivity index (χ1n) is 9.02. The molecule has 2 N–H and O–H groups in total. The molecule has 7 heteroatoms. The van der Waals surface area contributed by atoms with Gasteiger partial charge in [-0.25, -0.2) is 5.10 Å². The summed E-state index contributed by atoms with van der Waals surface area (Å²) < 4.78 is 5.22. The van der Waals surface area contributed by atoms with Crippen LogP contribution in [0.3, 0.4) is 0 Å². The van der Waals surface area contributed by atoms with Crippen molar-refractivity contribution in [3.05, 3.63) is 76.2 Å². The number of rotatable bonds is 7. The molecule has 7 nitrogen and oxygen atoms in total. The molecule has 0 aliphatic carbocycles. The third kappa shape index (κ3) is 4.82. The van der Waals surface area contributed by atoms with E-state index in [-0.39, 0.29) is 17.9 Å². The monoisotopic (exact) mass is 379 g/mol. The number of carbonyl (C=O) groups excluding carboxylic acids is 2. The van der Waals surface area contributed by atoms with Gasteiger partial charge in [-0.2, -0.15) is 5.10 Å². The van der Waals surface area contributed by atoms with Gasteiger partial charge in [0.15, 0.2) is 6.10 Å². The van der Waals surface area contributed by atoms with E-state index in [2.05, 4.69) is 15.5 Å². The molecule has 3 rings (SSSR count). The summed E-state index contributed by atoms with van der Waals surface area (Å²) >= 11 is 0. The summed E-state index contributed by atoms with van der Waals surface area (Å²) in [5, 5.41) is 10.1. The second-order valence-corrected chi connectivity index (χ2v) is 6.38. The van der Waals surface area contributed by atoms with Crippen molar-refractivity contribution in [2.24, 2.45) is 0 Å². The van der Waals surface area contributed by atoms with Crippen molar-refractivity contribution in [1.82, 2.24) is 15.5 Å². The van der Waals surface area contributed by atoms with Gasteiger partial charge in [-0.05, 0) is 25.0 Å². The van der Waals surface area contributed by atoms with E-state index in [9.17, 15) is 14.4 Å². The zero-order valence-corrected chi connectivity index (χ0v) is 15.5. The molecule has 0 radical (unpaired) electrons. The van der Waals surface area contributed by atoms with Crippen LogP contribution in [0.4, 0.5) is 0 Å². The maximum atomic E-state index is 12.2. The lowest BCUT2D eigenvalue weighted by Gasteiger charge is -2.13. The van der Waals surface area contributed by atoms with E-state index in [0.717, 1.165) is 5.56 Å². The molecule has 0 saturated heterocycles. The molecule has 1 atom stereocenters. The van der Waals surface area contributed by atoms with Gasteiger partial charge in [-0.1, -0.05) is 48.5 Å². The molecule has 3 aromatic rings. The molecule has 28 heavy (non-hydrogen) atoms. The lowest BCUT2D eigenvalue weighted by Crippen LogP contribution is -2.37. The number of hydrogen-bond acceptors (Lipinski definition) is 5. The van der Waals surface area contributed by atoms with Gasteiger partial charge in [0.1, 0.15) is 0 Å². The normalized spacial score (nSPS) is 11.8. The molecule has 0 saturated carbocycles. The number of ether oxygens (including phenoxy) is 1. The summed E-state index contributed by atoms with van der Waals surface area (Å²) in [6.07, 6.45) is -0.364. The molecule has 144 valence electrons. The van der Waals surface area contributed by atoms with Crippen LogP contribution < -0.4 is 10.9 Å². The fourth-order valence-electron chi connectivity index (χ4n) is 2.85. The lowest BCUT2D eigenvalue weighted by molar-refractivity contribution is -0.154. The van der Waals surface area contributed by atoms with Crippen LogP contribution in [0, 0.1) is 0 Å². The number of benzene rings is 2. The van der Waals surface area contributed by atoms with E-state index < -0.39 is 12.1 Å². The first-order chi connectivity index (χ1) is 13.5. The Balaban J connectivity index is 1.54. The Morgan fingerprint density at radius 1 is 1.07 bits per heavy atom. The van der Waals surface area contributed by atoms with Crippen molar-refractivity contribution in [1.29, 1.82) is 0 Å². The second kappa shape index (κ2) is 8.94. The molecule has 1 heterocycles. The number of esters is 1. The highest BCUT2D eigenvalue weighted by molar-refractivity contribution is 5.88. The minimum Gasteiger partial charge on any atom is -0.452 e. The number of hydrogen-bond donors (Lipinski definition) is 2. The van der Waals surface area contributed by atoms with Crippen molar-refractivity contribution < 1.29 is 14.3 Å². The molecule has 0 unspecified atom stereocenters. The smallest absolute Gasteiger partial charge is 0.312 e. The van der Waals surface area contributed by atoms with Crippen LogP contribution in [0.5, 0.6) is 0 Å².